The zero-order chi connectivity index (χ0) is 12.8. The van der Waals surface area contributed by atoms with Crippen molar-refractivity contribution in [2.75, 3.05) is 13.2 Å². The minimum Gasteiger partial charge on any atom is -0.484 e. The third kappa shape index (κ3) is 3.25. The summed E-state index contributed by atoms with van der Waals surface area (Å²) in [5.41, 5.74) is 0. The molecule has 0 aliphatic carbocycles. The molecule has 3 nitrogen and oxygen atoms in total. The predicted molar refractivity (Wildman–Crippen MR) is 71.6 cm³/mol. The van der Waals surface area contributed by atoms with Gasteiger partial charge in [-0.25, -0.2) is 0 Å². The van der Waals surface area contributed by atoms with Crippen LogP contribution in [0.15, 0.2) is 30.3 Å². The fourth-order valence-corrected chi connectivity index (χ4v) is 2.50. The van der Waals surface area contributed by atoms with Crippen LogP contribution >= 0.6 is 0 Å². The summed E-state index contributed by atoms with van der Waals surface area (Å²) in [4.78, 5) is 14.1. The van der Waals surface area contributed by atoms with Crippen LogP contribution in [0.2, 0.25) is 0 Å². The van der Waals surface area contributed by atoms with Gasteiger partial charge in [0.1, 0.15) is 5.75 Å². The topological polar surface area (TPSA) is 29.5 Å². The molecule has 0 N–H and O–H groups in total. The van der Waals surface area contributed by atoms with Crippen LogP contribution in [0, 0.1) is 0 Å². The highest BCUT2D eigenvalue weighted by molar-refractivity contribution is 5.78. The second kappa shape index (κ2) is 6.43. The first-order valence-corrected chi connectivity index (χ1v) is 6.78. The van der Waals surface area contributed by atoms with Crippen molar-refractivity contribution in [3.8, 4) is 5.75 Å². The Kier molecular flexibility index (Phi) is 4.62. The lowest BCUT2D eigenvalue weighted by molar-refractivity contribution is -0.137. The quantitative estimate of drug-likeness (QED) is 0.818. The monoisotopic (exact) mass is 247 g/mol. The first-order chi connectivity index (χ1) is 8.81. The second-order valence-corrected chi connectivity index (χ2v) is 4.75. The Labute approximate surface area is 109 Å². The van der Waals surface area contributed by atoms with Gasteiger partial charge >= 0.3 is 0 Å². The van der Waals surface area contributed by atoms with Gasteiger partial charge in [0.25, 0.3) is 5.91 Å². The normalized spacial score (nSPS) is 19.6. The van der Waals surface area contributed by atoms with Crippen LogP contribution in [0.3, 0.4) is 0 Å². The number of carbonyl (C=O) groups is 1. The van der Waals surface area contributed by atoms with E-state index >= 15 is 0 Å². The van der Waals surface area contributed by atoms with E-state index in [2.05, 4.69) is 6.92 Å². The summed E-state index contributed by atoms with van der Waals surface area (Å²) in [6.45, 7) is 3.18. The number of amides is 1. The van der Waals surface area contributed by atoms with E-state index in [1.807, 2.05) is 35.2 Å². The van der Waals surface area contributed by atoms with Crippen LogP contribution in [-0.2, 0) is 4.79 Å². The highest BCUT2D eigenvalue weighted by Gasteiger charge is 2.25. The highest BCUT2D eigenvalue weighted by Crippen LogP contribution is 2.19. The first kappa shape index (κ1) is 12.9. The molecule has 0 bridgehead atoms. The van der Waals surface area contributed by atoms with E-state index in [4.69, 9.17) is 4.74 Å². The molecule has 1 heterocycles. The lowest BCUT2D eigenvalue weighted by Gasteiger charge is -2.35. The number of nitrogens with zero attached hydrogens (tertiary/aromatic N) is 1. The molecular formula is C15H21NO2. The zero-order valence-corrected chi connectivity index (χ0v) is 11.0. The van der Waals surface area contributed by atoms with E-state index in [9.17, 15) is 4.79 Å². The summed E-state index contributed by atoms with van der Waals surface area (Å²) < 4.78 is 5.52. The van der Waals surface area contributed by atoms with E-state index in [1.54, 1.807) is 0 Å². The summed E-state index contributed by atoms with van der Waals surface area (Å²) in [7, 11) is 0. The number of likely N-dealkylation sites (tertiary alicyclic amines) is 1. The van der Waals surface area contributed by atoms with Gasteiger partial charge in [0.05, 0.1) is 0 Å². The van der Waals surface area contributed by atoms with Gasteiger partial charge in [0, 0.05) is 12.6 Å². The van der Waals surface area contributed by atoms with E-state index in [0.717, 1.165) is 31.6 Å². The Hall–Kier alpha value is -1.51. The Bertz CT molecular complexity index is 377. The SMILES string of the molecule is CCC1CCCCN1C(=O)COc1ccccc1. The Morgan fingerprint density at radius 3 is 2.83 bits per heavy atom. The van der Waals surface area contributed by atoms with E-state index < -0.39 is 0 Å². The number of hydrogen-bond acceptors (Lipinski definition) is 2. The molecule has 1 aliphatic rings. The maximum absolute atomic E-state index is 12.1. The smallest absolute Gasteiger partial charge is 0.260 e. The zero-order valence-electron chi connectivity index (χ0n) is 11.0. The molecule has 1 unspecified atom stereocenters. The van der Waals surface area contributed by atoms with E-state index in [1.165, 1.54) is 6.42 Å². The molecule has 0 radical (unpaired) electrons. The summed E-state index contributed by atoms with van der Waals surface area (Å²) >= 11 is 0. The van der Waals surface area contributed by atoms with E-state index in [0.29, 0.717) is 6.04 Å². The van der Waals surface area contributed by atoms with Crippen molar-refractivity contribution < 1.29 is 9.53 Å². The molecular weight excluding hydrogens is 226 g/mol. The molecule has 98 valence electrons. The van der Waals surface area contributed by atoms with Crippen molar-refractivity contribution in [3.05, 3.63) is 30.3 Å². The van der Waals surface area contributed by atoms with Gasteiger partial charge in [-0.05, 0) is 37.8 Å². The Balaban J connectivity index is 1.87. The minimum atomic E-state index is 0.116. The fraction of sp³-hybridized carbons (Fsp3) is 0.533. The Morgan fingerprint density at radius 2 is 2.11 bits per heavy atom. The predicted octanol–water partition coefficient (Wildman–Crippen LogP) is 2.86. The molecule has 1 aliphatic heterocycles. The number of piperidine rings is 1. The van der Waals surface area contributed by atoms with Crippen LogP contribution in [-0.4, -0.2) is 30.0 Å². The minimum absolute atomic E-state index is 0.116. The molecule has 1 aromatic rings. The molecule has 2 rings (SSSR count). The van der Waals surface area contributed by atoms with Crippen LogP contribution in [0.1, 0.15) is 32.6 Å². The van der Waals surface area contributed by atoms with Crippen LogP contribution < -0.4 is 4.74 Å². The van der Waals surface area contributed by atoms with Gasteiger partial charge in [-0.3, -0.25) is 4.79 Å². The van der Waals surface area contributed by atoms with Crippen molar-refractivity contribution in [2.24, 2.45) is 0 Å². The van der Waals surface area contributed by atoms with E-state index in [-0.39, 0.29) is 12.5 Å². The highest BCUT2D eigenvalue weighted by atomic mass is 16.5. The fourth-order valence-electron chi connectivity index (χ4n) is 2.50. The average molecular weight is 247 g/mol. The maximum atomic E-state index is 12.1. The van der Waals surface area contributed by atoms with Gasteiger partial charge < -0.3 is 9.64 Å². The van der Waals surface area contributed by atoms with Crippen LogP contribution in [0.4, 0.5) is 0 Å². The van der Waals surface area contributed by atoms with Crippen molar-refractivity contribution in [1.29, 1.82) is 0 Å². The number of carbonyl (C=O) groups excluding carboxylic acids is 1. The van der Waals surface area contributed by atoms with Gasteiger partial charge in [-0.2, -0.15) is 0 Å². The number of ether oxygens (including phenoxy) is 1. The van der Waals surface area contributed by atoms with Gasteiger partial charge in [-0.15, -0.1) is 0 Å². The summed E-state index contributed by atoms with van der Waals surface area (Å²) in [6.07, 6.45) is 4.53. The largest absolute Gasteiger partial charge is 0.484 e. The standard InChI is InChI=1S/C15H21NO2/c1-2-13-8-6-7-11-16(13)15(17)12-18-14-9-4-3-5-10-14/h3-5,9-10,13H,2,6-8,11-12H2,1H3. The van der Waals surface area contributed by atoms with Crippen molar-refractivity contribution in [3.63, 3.8) is 0 Å². The van der Waals surface area contributed by atoms with Gasteiger partial charge in [0.15, 0.2) is 6.61 Å². The summed E-state index contributed by atoms with van der Waals surface area (Å²) in [6, 6.07) is 9.92. The Morgan fingerprint density at radius 1 is 1.33 bits per heavy atom. The summed E-state index contributed by atoms with van der Waals surface area (Å²) in [5, 5.41) is 0. The van der Waals surface area contributed by atoms with Crippen molar-refractivity contribution in [1.82, 2.24) is 4.90 Å². The number of benzene rings is 1. The molecule has 1 amide bonds. The third-order valence-corrected chi connectivity index (χ3v) is 3.52. The third-order valence-electron chi connectivity index (χ3n) is 3.52. The number of rotatable bonds is 4. The molecule has 0 spiro atoms. The molecule has 1 fully saturated rings. The van der Waals surface area contributed by atoms with Crippen molar-refractivity contribution >= 4 is 5.91 Å². The molecule has 3 heteroatoms. The molecule has 18 heavy (non-hydrogen) atoms. The molecule has 1 atom stereocenters. The number of hydrogen-bond donors (Lipinski definition) is 0. The first-order valence-electron chi connectivity index (χ1n) is 6.78. The molecule has 0 aromatic heterocycles. The molecule has 0 saturated carbocycles. The maximum Gasteiger partial charge on any atom is 0.260 e. The molecule has 1 aromatic carbocycles. The van der Waals surface area contributed by atoms with Gasteiger partial charge in [0.2, 0.25) is 0 Å². The van der Waals surface area contributed by atoms with Crippen molar-refractivity contribution in [2.45, 2.75) is 38.6 Å². The average Bonchev–Trinajstić information content (AvgIpc) is 2.45. The summed E-state index contributed by atoms with van der Waals surface area (Å²) in [5.74, 6) is 0.876. The second-order valence-electron chi connectivity index (χ2n) is 4.75. The van der Waals surface area contributed by atoms with Crippen LogP contribution in [0.25, 0.3) is 0 Å². The number of para-hydroxylation sites is 1. The lowest BCUT2D eigenvalue weighted by Crippen LogP contribution is -2.45. The van der Waals surface area contributed by atoms with Gasteiger partial charge in [-0.1, -0.05) is 25.1 Å². The molecule has 1 saturated heterocycles. The lowest BCUT2D eigenvalue weighted by atomic mass is 10.00. The van der Waals surface area contributed by atoms with Crippen LogP contribution in [0.5, 0.6) is 5.75 Å².